The average Bonchev–Trinajstić information content (AvgIpc) is 2.35. The SMILES string of the molecule is C=CCN(CC)c1cc(C(=O)O)c([N+](=O)[O-])cc1F. The lowest BCUT2D eigenvalue weighted by molar-refractivity contribution is -0.385. The Hall–Kier alpha value is -2.44. The molecule has 0 spiro atoms. The zero-order chi connectivity index (χ0) is 14.6. The predicted molar refractivity (Wildman–Crippen MR) is 68.1 cm³/mol. The molecule has 0 unspecified atom stereocenters. The predicted octanol–water partition coefficient (Wildman–Crippen LogP) is 2.44. The number of nitrogens with zero attached hydrogens (tertiary/aromatic N) is 2. The van der Waals surface area contributed by atoms with E-state index >= 15 is 0 Å². The van der Waals surface area contributed by atoms with Crippen molar-refractivity contribution in [3.05, 3.63) is 46.3 Å². The number of hydrogen-bond acceptors (Lipinski definition) is 4. The Bertz CT molecular complexity index is 531. The molecule has 0 radical (unpaired) electrons. The van der Waals surface area contributed by atoms with Gasteiger partial charge in [0.15, 0.2) is 5.82 Å². The van der Waals surface area contributed by atoms with Crippen LogP contribution in [0.4, 0.5) is 15.8 Å². The number of hydrogen-bond donors (Lipinski definition) is 1. The van der Waals surface area contributed by atoms with Gasteiger partial charge in [0.1, 0.15) is 5.56 Å². The van der Waals surface area contributed by atoms with Crippen LogP contribution >= 0.6 is 0 Å². The van der Waals surface area contributed by atoms with E-state index in [0.717, 1.165) is 6.07 Å². The van der Waals surface area contributed by atoms with Gasteiger partial charge < -0.3 is 10.0 Å². The number of halogens is 1. The molecular formula is C12H13FN2O4. The van der Waals surface area contributed by atoms with Crippen molar-refractivity contribution in [3.8, 4) is 0 Å². The van der Waals surface area contributed by atoms with Gasteiger partial charge in [0.05, 0.1) is 16.7 Å². The van der Waals surface area contributed by atoms with Crippen LogP contribution in [0, 0.1) is 15.9 Å². The molecule has 0 amide bonds. The number of nitro groups is 1. The highest BCUT2D eigenvalue weighted by molar-refractivity contribution is 5.93. The monoisotopic (exact) mass is 268 g/mol. The van der Waals surface area contributed by atoms with E-state index in [4.69, 9.17) is 5.11 Å². The van der Waals surface area contributed by atoms with Crippen molar-refractivity contribution in [2.24, 2.45) is 0 Å². The first-order chi connectivity index (χ1) is 8.92. The molecule has 7 heteroatoms. The number of carboxylic acid groups (broad SMARTS) is 1. The second kappa shape index (κ2) is 5.94. The van der Waals surface area contributed by atoms with E-state index < -0.39 is 28.0 Å². The van der Waals surface area contributed by atoms with Gasteiger partial charge in [-0.25, -0.2) is 9.18 Å². The van der Waals surface area contributed by atoms with Crippen molar-refractivity contribution in [1.29, 1.82) is 0 Å². The summed E-state index contributed by atoms with van der Waals surface area (Å²) in [5, 5.41) is 19.6. The summed E-state index contributed by atoms with van der Waals surface area (Å²) < 4.78 is 13.8. The third-order valence-electron chi connectivity index (χ3n) is 2.56. The standard InChI is InChI=1S/C12H13FN2O4/c1-3-5-14(4-2)11-6-8(12(16)17)10(15(18)19)7-9(11)13/h3,6-7H,1,4-5H2,2H3,(H,16,17). The number of anilines is 1. The first-order valence-corrected chi connectivity index (χ1v) is 5.49. The van der Waals surface area contributed by atoms with Gasteiger partial charge in [-0.3, -0.25) is 10.1 Å². The average molecular weight is 268 g/mol. The van der Waals surface area contributed by atoms with E-state index in [2.05, 4.69) is 6.58 Å². The fourth-order valence-corrected chi connectivity index (χ4v) is 1.67. The molecule has 0 aromatic heterocycles. The maximum absolute atomic E-state index is 13.8. The lowest BCUT2D eigenvalue weighted by Gasteiger charge is -2.22. The Morgan fingerprint density at radius 3 is 2.68 bits per heavy atom. The second-order valence-electron chi connectivity index (χ2n) is 3.71. The van der Waals surface area contributed by atoms with E-state index in [9.17, 15) is 19.3 Å². The highest BCUT2D eigenvalue weighted by atomic mass is 19.1. The van der Waals surface area contributed by atoms with Gasteiger partial charge in [-0.2, -0.15) is 0 Å². The van der Waals surface area contributed by atoms with E-state index in [0.29, 0.717) is 19.2 Å². The lowest BCUT2D eigenvalue weighted by Crippen LogP contribution is -2.24. The zero-order valence-corrected chi connectivity index (χ0v) is 10.3. The molecule has 0 heterocycles. The molecule has 0 aliphatic rings. The molecule has 0 aliphatic carbocycles. The second-order valence-corrected chi connectivity index (χ2v) is 3.71. The molecule has 1 N–H and O–H groups in total. The Kier molecular flexibility index (Phi) is 4.57. The van der Waals surface area contributed by atoms with Gasteiger partial charge in [-0.1, -0.05) is 6.08 Å². The highest BCUT2D eigenvalue weighted by Crippen LogP contribution is 2.28. The Labute approximate surface area is 108 Å². The summed E-state index contributed by atoms with van der Waals surface area (Å²) in [6, 6.07) is 1.60. The summed E-state index contributed by atoms with van der Waals surface area (Å²) in [6.07, 6.45) is 1.53. The molecule has 0 bridgehead atoms. The quantitative estimate of drug-likeness (QED) is 0.486. The van der Waals surface area contributed by atoms with Gasteiger partial charge in [-0.05, 0) is 13.0 Å². The first kappa shape index (κ1) is 14.6. The van der Waals surface area contributed by atoms with Crippen molar-refractivity contribution < 1.29 is 19.2 Å². The molecule has 1 aromatic carbocycles. The molecular weight excluding hydrogens is 255 g/mol. The topological polar surface area (TPSA) is 83.7 Å². The summed E-state index contributed by atoms with van der Waals surface area (Å²) >= 11 is 0. The van der Waals surface area contributed by atoms with Crippen LogP contribution in [0.3, 0.4) is 0 Å². The molecule has 6 nitrogen and oxygen atoms in total. The first-order valence-electron chi connectivity index (χ1n) is 5.49. The summed E-state index contributed by atoms with van der Waals surface area (Å²) in [6.45, 7) is 6.00. The Morgan fingerprint density at radius 2 is 2.26 bits per heavy atom. The molecule has 0 aliphatic heterocycles. The smallest absolute Gasteiger partial charge is 0.342 e. The number of nitro benzene ring substituents is 1. The van der Waals surface area contributed by atoms with Crippen LogP contribution in [0.5, 0.6) is 0 Å². The number of benzene rings is 1. The number of likely N-dealkylation sites (N-methyl/N-ethyl adjacent to an activating group) is 1. The molecule has 1 rings (SSSR count). The van der Waals surface area contributed by atoms with E-state index in [-0.39, 0.29) is 5.69 Å². The fourth-order valence-electron chi connectivity index (χ4n) is 1.67. The van der Waals surface area contributed by atoms with Gasteiger partial charge in [0.25, 0.3) is 5.69 Å². The minimum absolute atomic E-state index is 0.00500. The molecule has 0 saturated carbocycles. The molecule has 0 fully saturated rings. The molecule has 0 saturated heterocycles. The Morgan fingerprint density at radius 1 is 1.63 bits per heavy atom. The maximum Gasteiger partial charge on any atom is 0.342 e. The minimum Gasteiger partial charge on any atom is -0.477 e. The fraction of sp³-hybridized carbons (Fsp3) is 0.250. The number of carbonyl (C=O) groups is 1. The zero-order valence-electron chi connectivity index (χ0n) is 10.3. The summed E-state index contributed by atoms with van der Waals surface area (Å²) in [7, 11) is 0. The van der Waals surface area contributed by atoms with Gasteiger partial charge >= 0.3 is 5.97 Å². The van der Waals surface area contributed by atoms with Gasteiger partial charge in [0.2, 0.25) is 0 Å². The van der Waals surface area contributed by atoms with Crippen LogP contribution in [0.2, 0.25) is 0 Å². The lowest BCUT2D eigenvalue weighted by atomic mass is 10.1. The van der Waals surface area contributed by atoms with Crippen LogP contribution in [0.1, 0.15) is 17.3 Å². The van der Waals surface area contributed by atoms with Crippen LogP contribution in [-0.4, -0.2) is 29.1 Å². The minimum atomic E-state index is -1.47. The largest absolute Gasteiger partial charge is 0.477 e. The molecule has 0 atom stereocenters. The van der Waals surface area contributed by atoms with Crippen molar-refractivity contribution in [2.75, 3.05) is 18.0 Å². The number of aromatic carboxylic acids is 1. The third kappa shape index (κ3) is 3.06. The van der Waals surface area contributed by atoms with Crippen LogP contribution in [0.15, 0.2) is 24.8 Å². The Balaban J connectivity index is 3.43. The third-order valence-corrected chi connectivity index (χ3v) is 2.56. The van der Waals surface area contributed by atoms with Crippen molar-refractivity contribution in [1.82, 2.24) is 0 Å². The molecule has 102 valence electrons. The van der Waals surface area contributed by atoms with Gasteiger partial charge in [0, 0.05) is 13.1 Å². The molecule has 19 heavy (non-hydrogen) atoms. The highest BCUT2D eigenvalue weighted by Gasteiger charge is 2.24. The number of rotatable bonds is 6. The van der Waals surface area contributed by atoms with E-state index in [1.165, 1.54) is 11.0 Å². The maximum atomic E-state index is 13.8. The summed E-state index contributed by atoms with van der Waals surface area (Å²) in [5.41, 5.74) is -1.29. The summed E-state index contributed by atoms with van der Waals surface area (Å²) in [4.78, 5) is 22.3. The number of carboxylic acids is 1. The van der Waals surface area contributed by atoms with Gasteiger partial charge in [-0.15, -0.1) is 6.58 Å². The van der Waals surface area contributed by atoms with E-state index in [1.807, 2.05) is 0 Å². The van der Waals surface area contributed by atoms with Crippen molar-refractivity contribution in [3.63, 3.8) is 0 Å². The van der Waals surface area contributed by atoms with Crippen LogP contribution in [-0.2, 0) is 0 Å². The van der Waals surface area contributed by atoms with Crippen molar-refractivity contribution in [2.45, 2.75) is 6.92 Å². The normalized spacial score (nSPS) is 10.0. The van der Waals surface area contributed by atoms with Crippen molar-refractivity contribution >= 4 is 17.3 Å². The summed E-state index contributed by atoms with van der Waals surface area (Å²) in [5.74, 6) is -2.30. The molecule has 1 aromatic rings. The van der Waals surface area contributed by atoms with Crippen LogP contribution in [0.25, 0.3) is 0 Å². The van der Waals surface area contributed by atoms with Crippen LogP contribution < -0.4 is 4.90 Å². The van der Waals surface area contributed by atoms with E-state index in [1.54, 1.807) is 6.92 Å².